The largest absolute Gasteiger partial charge is 0.335 e. The Morgan fingerprint density at radius 3 is 1.93 bits per heavy atom. The number of para-hydroxylation sites is 3. The van der Waals surface area contributed by atoms with Gasteiger partial charge in [-0.05, 0) is 42.8 Å². The van der Waals surface area contributed by atoms with E-state index in [-0.39, 0.29) is 6.03 Å². The van der Waals surface area contributed by atoms with Crippen LogP contribution in [0.3, 0.4) is 0 Å². The van der Waals surface area contributed by atoms with Gasteiger partial charge in [-0.2, -0.15) is 0 Å². The van der Waals surface area contributed by atoms with E-state index in [0.29, 0.717) is 6.54 Å². The first-order valence-electron chi connectivity index (χ1n) is 9.31. The molecule has 1 fully saturated rings. The average molecular weight is 388 g/mol. The molecular formula is C23H21N3OS. The number of urea groups is 1. The van der Waals surface area contributed by atoms with Crippen molar-refractivity contribution in [2.45, 2.75) is 6.42 Å². The quantitative estimate of drug-likeness (QED) is 0.547. The highest BCUT2D eigenvalue weighted by Gasteiger charge is 2.29. The van der Waals surface area contributed by atoms with Crippen molar-refractivity contribution >= 4 is 40.0 Å². The topological polar surface area (TPSA) is 35.9 Å². The molecule has 3 aromatic carbocycles. The van der Waals surface area contributed by atoms with Gasteiger partial charge in [0.2, 0.25) is 0 Å². The van der Waals surface area contributed by atoms with Gasteiger partial charge in [0.25, 0.3) is 0 Å². The zero-order chi connectivity index (χ0) is 19.2. The summed E-state index contributed by atoms with van der Waals surface area (Å²) in [5.41, 5.74) is 2.54. The van der Waals surface area contributed by atoms with Crippen molar-refractivity contribution in [1.29, 1.82) is 0 Å². The minimum Gasteiger partial charge on any atom is -0.272 e. The predicted octanol–water partition coefficient (Wildman–Crippen LogP) is 6.07. The SMILES string of the molecule is O=C(N1CCCSC1=Nc1ccccc1)N(c1ccccc1)c1ccccc1. The molecule has 0 spiro atoms. The number of hydrogen-bond acceptors (Lipinski definition) is 3. The van der Waals surface area contributed by atoms with Crippen molar-refractivity contribution in [2.24, 2.45) is 4.99 Å². The van der Waals surface area contributed by atoms with E-state index in [1.54, 1.807) is 21.6 Å². The van der Waals surface area contributed by atoms with Crippen LogP contribution in [-0.4, -0.2) is 28.4 Å². The fourth-order valence-corrected chi connectivity index (χ4v) is 4.04. The maximum Gasteiger partial charge on any atom is 0.335 e. The number of aliphatic imine (C=N–C) groups is 1. The summed E-state index contributed by atoms with van der Waals surface area (Å²) in [4.78, 5) is 22.0. The highest BCUT2D eigenvalue weighted by atomic mass is 32.2. The molecule has 0 radical (unpaired) electrons. The van der Waals surface area contributed by atoms with E-state index in [1.807, 2.05) is 91.0 Å². The summed E-state index contributed by atoms with van der Waals surface area (Å²) in [6.07, 6.45) is 0.946. The first-order chi connectivity index (χ1) is 13.8. The van der Waals surface area contributed by atoms with Crippen LogP contribution in [0.1, 0.15) is 6.42 Å². The third-order valence-electron chi connectivity index (χ3n) is 4.42. The first-order valence-corrected chi connectivity index (χ1v) is 10.3. The smallest absolute Gasteiger partial charge is 0.272 e. The van der Waals surface area contributed by atoms with Crippen LogP contribution in [0.4, 0.5) is 21.9 Å². The normalized spacial score (nSPS) is 15.4. The molecule has 0 aromatic heterocycles. The second-order valence-electron chi connectivity index (χ2n) is 6.37. The van der Waals surface area contributed by atoms with Gasteiger partial charge >= 0.3 is 6.03 Å². The van der Waals surface area contributed by atoms with Crippen LogP contribution in [0.15, 0.2) is 96.0 Å². The Morgan fingerprint density at radius 2 is 1.36 bits per heavy atom. The van der Waals surface area contributed by atoms with Crippen molar-refractivity contribution in [3.8, 4) is 0 Å². The zero-order valence-corrected chi connectivity index (χ0v) is 16.3. The average Bonchev–Trinajstić information content (AvgIpc) is 2.76. The highest BCUT2D eigenvalue weighted by molar-refractivity contribution is 8.13. The molecule has 0 aliphatic carbocycles. The summed E-state index contributed by atoms with van der Waals surface area (Å²) in [5.74, 6) is 0.964. The standard InChI is InChI=1S/C23H21N3OS/c27-23(25-17-10-18-28-22(25)24-19-11-4-1-5-12-19)26(20-13-6-2-7-14-20)21-15-8-3-9-16-21/h1-9,11-16H,10,17-18H2. The van der Waals surface area contributed by atoms with Crippen LogP contribution < -0.4 is 4.90 Å². The Labute approximate surface area is 169 Å². The van der Waals surface area contributed by atoms with Gasteiger partial charge in [-0.15, -0.1) is 0 Å². The van der Waals surface area contributed by atoms with E-state index < -0.39 is 0 Å². The summed E-state index contributed by atoms with van der Waals surface area (Å²) >= 11 is 1.63. The van der Waals surface area contributed by atoms with Gasteiger partial charge < -0.3 is 0 Å². The fourth-order valence-electron chi connectivity index (χ4n) is 3.09. The second kappa shape index (κ2) is 8.76. The molecule has 4 rings (SSSR count). The number of amidine groups is 1. The lowest BCUT2D eigenvalue weighted by Gasteiger charge is -2.33. The van der Waals surface area contributed by atoms with E-state index in [2.05, 4.69) is 0 Å². The predicted molar refractivity (Wildman–Crippen MR) is 118 cm³/mol. The molecule has 28 heavy (non-hydrogen) atoms. The van der Waals surface area contributed by atoms with Crippen LogP contribution in [0.5, 0.6) is 0 Å². The monoisotopic (exact) mass is 387 g/mol. The van der Waals surface area contributed by atoms with Crippen LogP contribution in [0.2, 0.25) is 0 Å². The molecule has 0 bridgehead atoms. The Balaban J connectivity index is 1.72. The minimum atomic E-state index is -0.0840. The number of carbonyl (C=O) groups excluding carboxylic acids is 1. The van der Waals surface area contributed by atoms with E-state index in [4.69, 9.17) is 4.99 Å². The van der Waals surface area contributed by atoms with Gasteiger partial charge in [0.1, 0.15) is 0 Å². The number of benzene rings is 3. The fraction of sp³-hybridized carbons (Fsp3) is 0.130. The summed E-state index contributed by atoms with van der Waals surface area (Å²) in [6, 6.07) is 29.2. The second-order valence-corrected chi connectivity index (χ2v) is 7.43. The van der Waals surface area contributed by atoms with Gasteiger partial charge in [0, 0.05) is 12.3 Å². The Kier molecular flexibility index (Phi) is 5.73. The molecule has 1 saturated heterocycles. The number of hydrogen-bond donors (Lipinski definition) is 0. The number of rotatable bonds is 3. The molecule has 1 heterocycles. The molecule has 0 unspecified atom stereocenters. The number of nitrogens with zero attached hydrogens (tertiary/aromatic N) is 3. The molecule has 0 saturated carbocycles. The molecular weight excluding hydrogens is 366 g/mol. The minimum absolute atomic E-state index is 0.0840. The van der Waals surface area contributed by atoms with Gasteiger partial charge in [-0.3, -0.25) is 9.80 Å². The molecule has 3 aromatic rings. The molecule has 0 N–H and O–H groups in total. The third-order valence-corrected chi connectivity index (χ3v) is 5.48. The van der Waals surface area contributed by atoms with Crippen LogP contribution in [-0.2, 0) is 0 Å². The summed E-state index contributed by atoms with van der Waals surface area (Å²) in [6.45, 7) is 0.660. The molecule has 140 valence electrons. The van der Waals surface area contributed by atoms with Crippen LogP contribution in [0.25, 0.3) is 0 Å². The lowest BCUT2D eigenvalue weighted by atomic mass is 10.2. The maximum atomic E-state index is 13.7. The lowest BCUT2D eigenvalue weighted by molar-refractivity contribution is 0.230. The van der Waals surface area contributed by atoms with Crippen molar-refractivity contribution in [2.75, 3.05) is 17.2 Å². The Bertz CT molecular complexity index is 906. The van der Waals surface area contributed by atoms with E-state index in [1.165, 1.54) is 0 Å². The molecule has 1 aliphatic heterocycles. The van der Waals surface area contributed by atoms with Crippen molar-refractivity contribution in [3.05, 3.63) is 91.0 Å². The van der Waals surface area contributed by atoms with Crippen molar-refractivity contribution in [3.63, 3.8) is 0 Å². The van der Waals surface area contributed by atoms with Gasteiger partial charge in [-0.25, -0.2) is 9.79 Å². The van der Waals surface area contributed by atoms with Crippen molar-refractivity contribution < 1.29 is 4.79 Å². The molecule has 4 nitrogen and oxygen atoms in total. The summed E-state index contributed by atoms with van der Waals surface area (Å²) in [7, 11) is 0. The number of carbonyl (C=O) groups is 1. The van der Waals surface area contributed by atoms with E-state index in [9.17, 15) is 4.79 Å². The Morgan fingerprint density at radius 1 is 0.821 bits per heavy atom. The molecule has 5 heteroatoms. The van der Waals surface area contributed by atoms with Crippen LogP contribution >= 0.6 is 11.8 Å². The lowest BCUT2D eigenvalue weighted by Crippen LogP contribution is -2.46. The van der Waals surface area contributed by atoms with Crippen LogP contribution in [0, 0.1) is 0 Å². The third kappa shape index (κ3) is 4.10. The summed E-state index contributed by atoms with van der Waals surface area (Å²) < 4.78 is 0. The summed E-state index contributed by atoms with van der Waals surface area (Å²) in [5, 5.41) is 0.749. The highest BCUT2D eigenvalue weighted by Crippen LogP contribution is 2.30. The van der Waals surface area contributed by atoms with Crippen molar-refractivity contribution in [1.82, 2.24) is 4.90 Å². The molecule has 2 amide bonds. The Hall–Kier alpha value is -3.05. The first kappa shape index (κ1) is 18.3. The van der Waals surface area contributed by atoms with Gasteiger partial charge in [0.05, 0.1) is 17.1 Å². The van der Waals surface area contributed by atoms with Gasteiger partial charge in [-0.1, -0.05) is 66.4 Å². The number of anilines is 2. The van der Waals surface area contributed by atoms with Gasteiger partial charge in [0.15, 0.2) is 5.17 Å². The zero-order valence-electron chi connectivity index (χ0n) is 15.4. The van der Waals surface area contributed by atoms with E-state index >= 15 is 0 Å². The molecule has 0 atom stereocenters. The maximum absolute atomic E-state index is 13.7. The number of thioether (sulfide) groups is 1. The molecule has 1 aliphatic rings. The number of amides is 2. The van der Waals surface area contributed by atoms with E-state index in [0.717, 1.165) is 34.4 Å².